The second kappa shape index (κ2) is 6.48. The molecule has 4 rings (SSSR count). The summed E-state index contributed by atoms with van der Waals surface area (Å²) in [5.41, 5.74) is 12.7. The molecule has 0 bridgehead atoms. The minimum Gasteiger partial charge on any atom is -0.337 e. The van der Waals surface area contributed by atoms with Crippen molar-refractivity contribution in [3.05, 3.63) is 46.3 Å². The number of nitrogens with zero attached hydrogens (tertiary/aromatic N) is 3. The molecule has 1 aromatic carbocycles. The molecule has 2 aromatic rings. The molecule has 2 heterocycles. The Balaban J connectivity index is 1.71. The smallest absolute Gasteiger partial charge is 0.274 e. The minimum absolute atomic E-state index is 0.0623. The fourth-order valence-electron chi connectivity index (χ4n) is 4.55. The first-order valence-electron chi connectivity index (χ1n) is 10.0. The standard InChI is InChI=1S/C22H30N4O/c1-14-8-9-17(15(2)12-14)26-18-7-5-6-16(18)20(24-26)21(27)25-11-10-19(23)22(3,4)13-25/h8-9,12,19H,5-7,10-11,13,23H2,1-4H3. The van der Waals surface area contributed by atoms with Gasteiger partial charge in [0.1, 0.15) is 0 Å². The molecule has 5 heteroatoms. The Labute approximate surface area is 161 Å². The van der Waals surface area contributed by atoms with Gasteiger partial charge >= 0.3 is 0 Å². The van der Waals surface area contributed by atoms with Crippen molar-refractivity contribution in [3.8, 4) is 5.69 Å². The van der Waals surface area contributed by atoms with E-state index in [1.54, 1.807) is 0 Å². The number of rotatable bonds is 2. The van der Waals surface area contributed by atoms with E-state index in [1.807, 2.05) is 9.58 Å². The Morgan fingerprint density at radius 1 is 1.26 bits per heavy atom. The number of piperidine rings is 1. The average Bonchev–Trinajstić information content (AvgIpc) is 3.20. The molecule has 1 aromatic heterocycles. The maximum absolute atomic E-state index is 13.3. The van der Waals surface area contributed by atoms with Crippen molar-refractivity contribution < 1.29 is 4.79 Å². The lowest BCUT2D eigenvalue weighted by Gasteiger charge is -2.42. The van der Waals surface area contributed by atoms with Crippen LogP contribution >= 0.6 is 0 Å². The number of nitrogens with two attached hydrogens (primary N) is 1. The fourth-order valence-corrected chi connectivity index (χ4v) is 4.55. The molecule has 1 aliphatic heterocycles. The topological polar surface area (TPSA) is 64.2 Å². The molecule has 1 unspecified atom stereocenters. The van der Waals surface area contributed by atoms with Crippen LogP contribution in [0.4, 0.5) is 0 Å². The Hall–Kier alpha value is -2.14. The van der Waals surface area contributed by atoms with Crippen molar-refractivity contribution in [2.45, 2.75) is 59.4 Å². The quantitative estimate of drug-likeness (QED) is 0.888. The van der Waals surface area contributed by atoms with E-state index in [2.05, 4.69) is 45.9 Å². The number of hydrogen-bond acceptors (Lipinski definition) is 3. The zero-order valence-corrected chi connectivity index (χ0v) is 16.9. The molecule has 144 valence electrons. The number of amides is 1. The van der Waals surface area contributed by atoms with Crippen LogP contribution in [0.1, 0.15) is 59.6 Å². The second-order valence-electron chi connectivity index (χ2n) is 8.94. The zero-order valence-electron chi connectivity index (χ0n) is 16.9. The highest BCUT2D eigenvalue weighted by Crippen LogP contribution is 2.32. The van der Waals surface area contributed by atoms with Gasteiger partial charge in [-0.05, 0) is 56.6 Å². The lowest BCUT2D eigenvalue weighted by atomic mass is 9.79. The number of hydrogen-bond donors (Lipinski definition) is 1. The van der Waals surface area contributed by atoms with Crippen LogP contribution in [0.15, 0.2) is 18.2 Å². The summed E-state index contributed by atoms with van der Waals surface area (Å²) in [6, 6.07) is 6.55. The molecule has 1 amide bonds. The molecule has 1 aliphatic carbocycles. The number of carbonyl (C=O) groups is 1. The van der Waals surface area contributed by atoms with Gasteiger partial charge in [-0.2, -0.15) is 5.10 Å². The average molecular weight is 367 g/mol. The number of likely N-dealkylation sites (tertiary alicyclic amines) is 1. The Morgan fingerprint density at radius 3 is 2.74 bits per heavy atom. The third kappa shape index (κ3) is 3.08. The van der Waals surface area contributed by atoms with Gasteiger partial charge in [0.15, 0.2) is 5.69 Å². The van der Waals surface area contributed by atoms with E-state index in [4.69, 9.17) is 10.8 Å². The molecule has 1 atom stereocenters. The summed E-state index contributed by atoms with van der Waals surface area (Å²) in [7, 11) is 0. The molecule has 0 radical (unpaired) electrons. The van der Waals surface area contributed by atoms with Gasteiger partial charge in [0.25, 0.3) is 5.91 Å². The summed E-state index contributed by atoms with van der Waals surface area (Å²) < 4.78 is 2.02. The number of benzene rings is 1. The number of carbonyl (C=O) groups excluding carboxylic acids is 1. The minimum atomic E-state index is -0.0623. The largest absolute Gasteiger partial charge is 0.337 e. The number of fused-ring (bicyclic) bond motifs is 1. The molecular weight excluding hydrogens is 336 g/mol. The van der Waals surface area contributed by atoms with Gasteiger partial charge in [0.05, 0.1) is 5.69 Å². The molecule has 0 saturated carbocycles. The summed E-state index contributed by atoms with van der Waals surface area (Å²) in [5, 5.41) is 4.83. The van der Waals surface area contributed by atoms with E-state index in [1.165, 1.54) is 16.8 Å². The Bertz CT molecular complexity index is 896. The SMILES string of the molecule is Cc1ccc(-n2nc(C(=O)N3CCC(N)C(C)(C)C3)c3c2CCC3)c(C)c1. The predicted octanol–water partition coefficient (Wildman–Crippen LogP) is 3.18. The molecule has 5 nitrogen and oxygen atoms in total. The Kier molecular flexibility index (Phi) is 4.38. The number of aromatic nitrogens is 2. The first-order valence-corrected chi connectivity index (χ1v) is 10.0. The highest BCUT2D eigenvalue weighted by molar-refractivity contribution is 5.94. The van der Waals surface area contributed by atoms with E-state index < -0.39 is 0 Å². The van der Waals surface area contributed by atoms with Crippen molar-refractivity contribution in [1.82, 2.24) is 14.7 Å². The molecule has 2 aliphatic rings. The first kappa shape index (κ1) is 18.2. The van der Waals surface area contributed by atoms with E-state index >= 15 is 0 Å². The highest BCUT2D eigenvalue weighted by Gasteiger charge is 2.38. The normalized spacial score (nSPS) is 21.4. The van der Waals surface area contributed by atoms with E-state index in [9.17, 15) is 4.79 Å². The summed E-state index contributed by atoms with van der Waals surface area (Å²) in [6.07, 6.45) is 3.87. The van der Waals surface area contributed by atoms with Crippen molar-refractivity contribution in [2.75, 3.05) is 13.1 Å². The van der Waals surface area contributed by atoms with Crippen LogP contribution in [0.5, 0.6) is 0 Å². The third-order valence-electron chi connectivity index (χ3n) is 6.31. The first-order chi connectivity index (χ1) is 12.8. The van der Waals surface area contributed by atoms with Crippen LogP contribution in [0.25, 0.3) is 5.69 Å². The fraction of sp³-hybridized carbons (Fsp3) is 0.545. The van der Waals surface area contributed by atoms with Crippen LogP contribution in [0.3, 0.4) is 0 Å². The lowest BCUT2D eigenvalue weighted by Crippen LogP contribution is -2.54. The highest BCUT2D eigenvalue weighted by atomic mass is 16.2. The monoisotopic (exact) mass is 366 g/mol. The van der Waals surface area contributed by atoms with Crippen LogP contribution in [0, 0.1) is 19.3 Å². The molecule has 1 saturated heterocycles. The van der Waals surface area contributed by atoms with Crippen LogP contribution in [0.2, 0.25) is 0 Å². The molecule has 27 heavy (non-hydrogen) atoms. The zero-order chi connectivity index (χ0) is 19.3. The van der Waals surface area contributed by atoms with Crippen molar-refractivity contribution in [2.24, 2.45) is 11.1 Å². The lowest BCUT2D eigenvalue weighted by molar-refractivity contribution is 0.0526. The summed E-state index contributed by atoms with van der Waals surface area (Å²) in [4.78, 5) is 15.3. The van der Waals surface area contributed by atoms with Crippen LogP contribution in [-0.2, 0) is 12.8 Å². The molecule has 1 fully saturated rings. The third-order valence-corrected chi connectivity index (χ3v) is 6.31. The molecule has 2 N–H and O–H groups in total. The summed E-state index contributed by atoms with van der Waals surface area (Å²) in [6.45, 7) is 9.92. The molecule has 0 spiro atoms. The van der Waals surface area contributed by atoms with Crippen LogP contribution in [-0.4, -0.2) is 39.7 Å². The van der Waals surface area contributed by atoms with Crippen molar-refractivity contribution >= 4 is 5.91 Å². The van der Waals surface area contributed by atoms with Gasteiger partial charge in [-0.25, -0.2) is 4.68 Å². The summed E-state index contributed by atoms with van der Waals surface area (Å²) in [5.74, 6) is 0.0663. The van der Waals surface area contributed by atoms with Gasteiger partial charge in [-0.1, -0.05) is 31.5 Å². The van der Waals surface area contributed by atoms with E-state index in [-0.39, 0.29) is 17.4 Å². The van der Waals surface area contributed by atoms with Gasteiger partial charge in [0, 0.05) is 30.4 Å². The van der Waals surface area contributed by atoms with E-state index in [0.29, 0.717) is 18.8 Å². The maximum atomic E-state index is 13.3. The molecular formula is C22H30N4O. The van der Waals surface area contributed by atoms with Gasteiger partial charge in [0.2, 0.25) is 0 Å². The Morgan fingerprint density at radius 2 is 2.04 bits per heavy atom. The number of aryl methyl sites for hydroxylation is 2. The van der Waals surface area contributed by atoms with Gasteiger partial charge < -0.3 is 10.6 Å². The summed E-state index contributed by atoms with van der Waals surface area (Å²) >= 11 is 0. The van der Waals surface area contributed by atoms with Crippen molar-refractivity contribution in [3.63, 3.8) is 0 Å². The van der Waals surface area contributed by atoms with E-state index in [0.717, 1.165) is 36.9 Å². The van der Waals surface area contributed by atoms with Crippen molar-refractivity contribution in [1.29, 1.82) is 0 Å². The van der Waals surface area contributed by atoms with Gasteiger partial charge in [-0.3, -0.25) is 4.79 Å². The van der Waals surface area contributed by atoms with Gasteiger partial charge in [-0.15, -0.1) is 0 Å². The van der Waals surface area contributed by atoms with Crippen LogP contribution < -0.4 is 5.73 Å². The predicted molar refractivity (Wildman–Crippen MR) is 107 cm³/mol. The maximum Gasteiger partial charge on any atom is 0.274 e. The second-order valence-corrected chi connectivity index (χ2v) is 8.94.